The summed E-state index contributed by atoms with van der Waals surface area (Å²) in [6.45, 7) is 6.15. The predicted molar refractivity (Wildman–Crippen MR) is 87.6 cm³/mol. The fourth-order valence-corrected chi connectivity index (χ4v) is 2.45. The minimum absolute atomic E-state index is 0.642. The third-order valence-electron chi connectivity index (χ3n) is 3.07. The molecule has 6 heteroatoms. The molecule has 1 heterocycles. The Kier molecular flexibility index (Phi) is 5.27. The fourth-order valence-electron chi connectivity index (χ4n) is 1.66. The standard InChI is InChI=1S/C15H20N4OS/c1-5-10(2)9-21-15-17-14(18-19-15)16-13-7-6-12(20-4)8-11(13)3/h5-8H,9H2,1-4H3,(H2,16,17,18,19). The quantitative estimate of drug-likeness (QED) is 0.625. The third-order valence-corrected chi connectivity index (χ3v) is 4.11. The Balaban J connectivity index is 2.02. The summed E-state index contributed by atoms with van der Waals surface area (Å²) in [5, 5.41) is 11.1. The van der Waals surface area contributed by atoms with E-state index in [1.807, 2.05) is 32.0 Å². The molecule has 1 aromatic heterocycles. The highest BCUT2D eigenvalue weighted by atomic mass is 32.2. The molecule has 0 saturated heterocycles. The molecule has 0 bridgehead atoms. The summed E-state index contributed by atoms with van der Waals surface area (Å²) >= 11 is 1.61. The van der Waals surface area contributed by atoms with Crippen molar-refractivity contribution in [3.05, 3.63) is 35.4 Å². The van der Waals surface area contributed by atoms with Gasteiger partial charge < -0.3 is 10.1 Å². The van der Waals surface area contributed by atoms with Crippen LogP contribution < -0.4 is 10.1 Å². The molecule has 2 aromatic rings. The summed E-state index contributed by atoms with van der Waals surface area (Å²) in [6.07, 6.45) is 2.10. The zero-order chi connectivity index (χ0) is 15.2. The number of allylic oxidation sites excluding steroid dienone is 1. The zero-order valence-electron chi connectivity index (χ0n) is 12.7. The Hall–Kier alpha value is -1.95. The van der Waals surface area contributed by atoms with Crippen molar-refractivity contribution in [1.82, 2.24) is 15.2 Å². The number of anilines is 2. The van der Waals surface area contributed by atoms with Crippen molar-refractivity contribution < 1.29 is 4.74 Å². The van der Waals surface area contributed by atoms with Crippen molar-refractivity contribution >= 4 is 23.4 Å². The minimum atomic E-state index is 0.642. The van der Waals surface area contributed by atoms with Crippen LogP contribution in [0.3, 0.4) is 0 Å². The second-order valence-electron chi connectivity index (χ2n) is 4.70. The summed E-state index contributed by atoms with van der Waals surface area (Å²) in [6, 6.07) is 5.86. The van der Waals surface area contributed by atoms with Crippen molar-refractivity contribution in [1.29, 1.82) is 0 Å². The second kappa shape index (κ2) is 7.17. The lowest BCUT2D eigenvalue weighted by molar-refractivity contribution is 0.414. The van der Waals surface area contributed by atoms with E-state index in [4.69, 9.17) is 4.74 Å². The van der Waals surface area contributed by atoms with Crippen LogP contribution in [0.4, 0.5) is 11.6 Å². The molecule has 0 aliphatic carbocycles. The van der Waals surface area contributed by atoms with Crippen LogP contribution in [0.5, 0.6) is 5.75 Å². The number of hydrogen-bond donors (Lipinski definition) is 2. The van der Waals surface area contributed by atoms with E-state index in [0.717, 1.165) is 27.9 Å². The van der Waals surface area contributed by atoms with Gasteiger partial charge in [-0.05, 0) is 44.5 Å². The number of nitrogens with one attached hydrogen (secondary N) is 2. The maximum atomic E-state index is 5.20. The lowest BCUT2D eigenvalue weighted by atomic mass is 10.2. The van der Waals surface area contributed by atoms with Crippen LogP contribution in [0.2, 0.25) is 0 Å². The lowest BCUT2D eigenvalue weighted by Crippen LogP contribution is -1.95. The Bertz CT molecular complexity index is 636. The number of methoxy groups -OCH3 is 1. The maximum Gasteiger partial charge on any atom is 0.223 e. The molecular weight excluding hydrogens is 284 g/mol. The summed E-state index contributed by atoms with van der Waals surface area (Å²) in [5.41, 5.74) is 3.38. The minimum Gasteiger partial charge on any atom is -0.497 e. The first-order valence-corrected chi connectivity index (χ1v) is 7.69. The van der Waals surface area contributed by atoms with Gasteiger partial charge >= 0.3 is 0 Å². The monoisotopic (exact) mass is 304 g/mol. The molecular formula is C15H20N4OS. The maximum absolute atomic E-state index is 5.20. The number of aromatic amines is 1. The van der Waals surface area contributed by atoms with Gasteiger partial charge in [-0.1, -0.05) is 23.4 Å². The van der Waals surface area contributed by atoms with E-state index in [9.17, 15) is 0 Å². The molecule has 21 heavy (non-hydrogen) atoms. The van der Waals surface area contributed by atoms with E-state index < -0.39 is 0 Å². The van der Waals surface area contributed by atoms with E-state index in [0.29, 0.717) is 5.95 Å². The average molecular weight is 304 g/mol. The van der Waals surface area contributed by atoms with Crippen molar-refractivity contribution in [2.24, 2.45) is 0 Å². The van der Waals surface area contributed by atoms with Crippen molar-refractivity contribution in [2.45, 2.75) is 25.9 Å². The van der Waals surface area contributed by atoms with Crippen molar-refractivity contribution in [2.75, 3.05) is 18.2 Å². The number of rotatable bonds is 6. The number of aryl methyl sites for hydroxylation is 1. The van der Waals surface area contributed by atoms with E-state index >= 15 is 0 Å². The molecule has 2 rings (SSSR count). The van der Waals surface area contributed by atoms with E-state index in [1.54, 1.807) is 18.9 Å². The van der Waals surface area contributed by atoms with Gasteiger partial charge in [-0.2, -0.15) is 4.98 Å². The predicted octanol–water partition coefficient (Wildman–Crippen LogP) is 3.92. The molecule has 0 fully saturated rings. The molecule has 0 unspecified atom stereocenters. The number of benzene rings is 1. The Morgan fingerprint density at radius 3 is 2.95 bits per heavy atom. The van der Waals surface area contributed by atoms with Crippen LogP contribution in [0.1, 0.15) is 19.4 Å². The van der Waals surface area contributed by atoms with Gasteiger partial charge in [-0.25, -0.2) is 5.10 Å². The number of H-pyrrole nitrogens is 1. The van der Waals surface area contributed by atoms with Gasteiger partial charge in [0, 0.05) is 11.4 Å². The molecule has 0 atom stereocenters. The highest BCUT2D eigenvalue weighted by Gasteiger charge is 2.06. The van der Waals surface area contributed by atoms with Crippen LogP contribution >= 0.6 is 11.8 Å². The first kappa shape index (κ1) is 15.4. The molecule has 0 spiro atoms. The van der Waals surface area contributed by atoms with Crippen LogP contribution in [-0.2, 0) is 0 Å². The van der Waals surface area contributed by atoms with Gasteiger partial charge in [0.2, 0.25) is 11.1 Å². The number of thioether (sulfide) groups is 1. The summed E-state index contributed by atoms with van der Waals surface area (Å²) in [4.78, 5) is 4.42. The molecule has 0 aliphatic rings. The topological polar surface area (TPSA) is 62.8 Å². The van der Waals surface area contributed by atoms with Gasteiger partial charge in [-0.3, -0.25) is 0 Å². The Morgan fingerprint density at radius 2 is 2.29 bits per heavy atom. The normalized spacial score (nSPS) is 11.5. The molecule has 2 N–H and O–H groups in total. The van der Waals surface area contributed by atoms with Gasteiger partial charge in [0.05, 0.1) is 7.11 Å². The summed E-state index contributed by atoms with van der Waals surface area (Å²) < 4.78 is 5.20. The van der Waals surface area contributed by atoms with Crippen LogP contribution in [0, 0.1) is 6.92 Å². The SMILES string of the molecule is CC=C(C)CSc1n[nH]c(Nc2ccc(OC)cc2C)n1. The smallest absolute Gasteiger partial charge is 0.223 e. The first-order valence-electron chi connectivity index (χ1n) is 6.71. The van der Waals surface area contributed by atoms with Gasteiger partial charge in [0.25, 0.3) is 0 Å². The highest BCUT2D eigenvalue weighted by molar-refractivity contribution is 7.99. The number of hydrogen-bond acceptors (Lipinski definition) is 5. The largest absolute Gasteiger partial charge is 0.497 e. The first-order chi connectivity index (χ1) is 10.1. The Labute approximate surface area is 129 Å². The molecule has 0 aliphatic heterocycles. The molecule has 0 radical (unpaired) electrons. The van der Waals surface area contributed by atoms with E-state index in [1.165, 1.54) is 5.57 Å². The lowest BCUT2D eigenvalue weighted by Gasteiger charge is -2.08. The third kappa shape index (κ3) is 4.26. The van der Waals surface area contributed by atoms with Crippen LogP contribution in [-0.4, -0.2) is 28.0 Å². The highest BCUT2D eigenvalue weighted by Crippen LogP contribution is 2.24. The van der Waals surface area contributed by atoms with Gasteiger partial charge in [-0.15, -0.1) is 5.10 Å². The molecule has 1 aromatic carbocycles. The zero-order valence-corrected chi connectivity index (χ0v) is 13.5. The number of ether oxygens (including phenoxy) is 1. The number of nitrogens with zero attached hydrogens (tertiary/aromatic N) is 2. The number of aromatic nitrogens is 3. The molecule has 112 valence electrons. The molecule has 5 nitrogen and oxygen atoms in total. The second-order valence-corrected chi connectivity index (χ2v) is 5.64. The Morgan fingerprint density at radius 1 is 1.48 bits per heavy atom. The van der Waals surface area contributed by atoms with Crippen LogP contribution in [0.15, 0.2) is 35.0 Å². The van der Waals surface area contributed by atoms with E-state index in [-0.39, 0.29) is 0 Å². The summed E-state index contributed by atoms with van der Waals surface area (Å²) in [7, 11) is 1.66. The average Bonchev–Trinajstić information content (AvgIpc) is 2.94. The van der Waals surface area contributed by atoms with E-state index in [2.05, 4.69) is 33.5 Å². The molecule has 0 saturated carbocycles. The van der Waals surface area contributed by atoms with Gasteiger partial charge in [0.1, 0.15) is 5.75 Å². The fraction of sp³-hybridized carbons (Fsp3) is 0.333. The van der Waals surface area contributed by atoms with Crippen LogP contribution in [0.25, 0.3) is 0 Å². The summed E-state index contributed by atoms with van der Waals surface area (Å²) in [5.74, 6) is 2.38. The van der Waals surface area contributed by atoms with Crippen molar-refractivity contribution in [3.63, 3.8) is 0 Å². The van der Waals surface area contributed by atoms with Crippen molar-refractivity contribution in [3.8, 4) is 5.75 Å². The van der Waals surface area contributed by atoms with Gasteiger partial charge in [0.15, 0.2) is 0 Å². The molecule has 0 amide bonds.